The number of hydrogen-bond acceptors (Lipinski definition) is 4. The van der Waals surface area contributed by atoms with Crippen molar-refractivity contribution < 1.29 is 23.3 Å². The van der Waals surface area contributed by atoms with Crippen LogP contribution in [0, 0.1) is 0 Å². The normalized spacial score (nSPS) is 33.8. The van der Waals surface area contributed by atoms with Gasteiger partial charge in [0.05, 0.1) is 6.61 Å². The van der Waals surface area contributed by atoms with Crippen LogP contribution >= 0.6 is 0 Å². The Labute approximate surface area is 121 Å². The van der Waals surface area contributed by atoms with Gasteiger partial charge in [-0.2, -0.15) is 0 Å². The van der Waals surface area contributed by atoms with E-state index >= 15 is 0 Å². The third kappa shape index (κ3) is 4.65. The average Bonchev–Trinajstić information content (AvgIpc) is 2.66. The lowest BCUT2D eigenvalue weighted by atomic mass is 9.99. The molecule has 0 bridgehead atoms. The number of rotatable bonds is 10. The van der Waals surface area contributed by atoms with Gasteiger partial charge in [0.15, 0.2) is 12.0 Å². The predicted molar refractivity (Wildman–Crippen MR) is 75.6 cm³/mol. The summed E-state index contributed by atoms with van der Waals surface area (Å²) >= 11 is 0. The molecular weight excluding hydrogens is 263 g/mol. The molecule has 1 aliphatic heterocycles. The molecule has 1 unspecified atom stereocenters. The highest BCUT2D eigenvalue weighted by Gasteiger charge is 2.55. The number of ether oxygens (including phenoxy) is 4. The number of hydrogen-bond donors (Lipinski definition) is 0. The zero-order chi connectivity index (χ0) is 15.0. The maximum Gasteiger partial charge on any atom is 0.194 e. The Morgan fingerprint density at radius 1 is 1.15 bits per heavy atom. The Morgan fingerprint density at radius 2 is 1.80 bits per heavy atom. The Hall–Kier alpha value is -0.230. The minimum absolute atomic E-state index is 0.343. The fourth-order valence-electron chi connectivity index (χ4n) is 2.34. The molecule has 5 heteroatoms. The second-order valence-corrected chi connectivity index (χ2v) is 5.47. The first-order valence-electron chi connectivity index (χ1n) is 7.64. The second-order valence-electron chi connectivity index (χ2n) is 5.47. The van der Waals surface area contributed by atoms with Crippen LogP contribution < -0.4 is 0 Å². The highest BCUT2D eigenvalue weighted by Crippen LogP contribution is 2.37. The standard InChI is InChI=1S/C15H29FO4/c1-5-7-9-18-11-12-13(19-10-8-6-2)15(3,16)14(17-4)20-12/h12-14H,5-11H2,1-4H3/t12-,13?,14-,15-/m1/s1. The summed E-state index contributed by atoms with van der Waals surface area (Å²) in [7, 11) is 1.45. The van der Waals surface area contributed by atoms with Gasteiger partial charge in [-0.1, -0.05) is 26.7 Å². The Kier molecular flexibility index (Phi) is 7.95. The van der Waals surface area contributed by atoms with Crippen molar-refractivity contribution in [2.24, 2.45) is 0 Å². The van der Waals surface area contributed by atoms with Gasteiger partial charge in [0, 0.05) is 20.3 Å². The molecule has 0 aromatic rings. The van der Waals surface area contributed by atoms with Gasteiger partial charge in [0.25, 0.3) is 0 Å². The Bertz CT molecular complexity index is 260. The molecule has 0 saturated carbocycles. The van der Waals surface area contributed by atoms with Crippen LogP contribution in [0.15, 0.2) is 0 Å². The van der Waals surface area contributed by atoms with Gasteiger partial charge < -0.3 is 18.9 Å². The number of unbranched alkanes of at least 4 members (excludes halogenated alkanes) is 2. The van der Waals surface area contributed by atoms with Crippen molar-refractivity contribution in [2.75, 3.05) is 26.9 Å². The summed E-state index contributed by atoms with van der Waals surface area (Å²) in [4.78, 5) is 0. The van der Waals surface area contributed by atoms with Crippen molar-refractivity contribution in [3.63, 3.8) is 0 Å². The quantitative estimate of drug-likeness (QED) is 0.580. The molecule has 1 saturated heterocycles. The summed E-state index contributed by atoms with van der Waals surface area (Å²) in [5, 5.41) is 0. The molecular formula is C15H29FO4. The van der Waals surface area contributed by atoms with Crippen LogP contribution in [0.5, 0.6) is 0 Å². The van der Waals surface area contributed by atoms with E-state index in [2.05, 4.69) is 13.8 Å². The SMILES string of the molecule is CCCCOC[C@H]1O[C@@H](OC)[C@](C)(F)C1OCCCC. The Balaban J connectivity index is 2.54. The molecule has 4 nitrogen and oxygen atoms in total. The van der Waals surface area contributed by atoms with Crippen LogP contribution in [0.2, 0.25) is 0 Å². The fourth-order valence-corrected chi connectivity index (χ4v) is 2.34. The predicted octanol–water partition coefficient (Wildman–Crippen LogP) is 3.09. The molecule has 0 aromatic heterocycles. The van der Waals surface area contributed by atoms with E-state index in [1.165, 1.54) is 14.0 Å². The smallest absolute Gasteiger partial charge is 0.194 e. The zero-order valence-corrected chi connectivity index (χ0v) is 13.2. The van der Waals surface area contributed by atoms with E-state index in [1.54, 1.807) is 0 Å². The zero-order valence-electron chi connectivity index (χ0n) is 13.2. The minimum atomic E-state index is -1.65. The summed E-state index contributed by atoms with van der Waals surface area (Å²) in [6.45, 7) is 7.20. The summed E-state index contributed by atoms with van der Waals surface area (Å²) < 4.78 is 36.7. The summed E-state index contributed by atoms with van der Waals surface area (Å²) in [6.07, 6.45) is 2.05. The lowest BCUT2D eigenvalue weighted by molar-refractivity contribution is -0.166. The van der Waals surface area contributed by atoms with E-state index in [0.29, 0.717) is 19.8 Å². The van der Waals surface area contributed by atoms with E-state index in [0.717, 1.165) is 25.7 Å². The van der Waals surface area contributed by atoms with Gasteiger partial charge in [0.2, 0.25) is 0 Å². The van der Waals surface area contributed by atoms with E-state index in [4.69, 9.17) is 18.9 Å². The fraction of sp³-hybridized carbons (Fsp3) is 1.00. The van der Waals surface area contributed by atoms with Crippen molar-refractivity contribution in [1.82, 2.24) is 0 Å². The molecule has 0 aliphatic carbocycles. The van der Waals surface area contributed by atoms with Crippen LogP contribution in [0.3, 0.4) is 0 Å². The van der Waals surface area contributed by atoms with Gasteiger partial charge in [-0.25, -0.2) is 4.39 Å². The highest BCUT2D eigenvalue weighted by molar-refractivity contribution is 4.98. The third-order valence-corrected chi connectivity index (χ3v) is 3.59. The van der Waals surface area contributed by atoms with Crippen LogP contribution in [0.25, 0.3) is 0 Å². The average molecular weight is 292 g/mol. The maximum atomic E-state index is 14.8. The number of halogens is 1. The molecule has 0 radical (unpaired) electrons. The minimum Gasteiger partial charge on any atom is -0.379 e. The first kappa shape index (κ1) is 17.8. The van der Waals surface area contributed by atoms with Crippen LogP contribution in [-0.4, -0.2) is 51.1 Å². The maximum absolute atomic E-state index is 14.8. The first-order chi connectivity index (χ1) is 9.57. The van der Waals surface area contributed by atoms with Crippen molar-refractivity contribution in [1.29, 1.82) is 0 Å². The molecule has 1 rings (SSSR count). The van der Waals surface area contributed by atoms with Crippen molar-refractivity contribution in [3.8, 4) is 0 Å². The van der Waals surface area contributed by atoms with Crippen LogP contribution in [-0.2, 0) is 18.9 Å². The highest BCUT2D eigenvalue weighted by atomic mass is 19.1. The van der Waals surface area contributed by atoms with Crippen molar-refractivity contribution >= 4 is 0 Å². The van der Waals surface area contributed by atoms with Gasteiger partial charge in [0.1, 0.15) is 12.2 Å². The first-order valence-corrected chi connectivity index (χ1v) is 7.64. The third-order valence-electron chi connectivity index (χ3n) is 3.59. The van der Waals surface area contributed by atoms with Gasteiger partial charge >= 0.3 is 0 Å². The van der Waals surface area contributed by atoms with E-state index in [-0.39, 0.29) is 0 Å². The molecule has 0 N–H and O–H groups in total. The van der Waals surface area contributed by atoms with Gasteiger partial charge in [-0.15, -0.1) is 0 Å². The number of alkyl halides is 1. The lowest BCUT2D eigenvalue weighted by Gasteiger charge is -2.26. The molecule has 120 valence electrons. The van der Waals surface area contributed by atoms with E-state index in [9.17, 15) is 4.39 Å². The van der Waals surface area contributed by atoms with Crippen molar-refractivity contribution in [3.05, 3.63) is 0 Å². The molecule has 0 aromatic carbocycles. The molecule has 0 spiro atoms. The molecule has 0 amide bonds. The lowest BCUT2D eigenvalue weighted by Crippen LogP contribution is -2.44. The second kappa shape index (κ2) is 8.93. The topological polar surface area (TPSA) is 36.9 Å². The molecule has 1 heterocycles. The molecule has 20 heavy (non-hydrogen) atoms. The van der Waals surface area contributed by atoms with E-state index in [1.807, 2.05) is 0 Å². The van der Waals surface area contributed by atoms with Crippen molar-refractivity contribution in [2.45, 2.75) is 70.6 Å². The van der Waals surface area contributed by atoms with Gasteiger partial charge in [-0.05, 0) is 19.8 Å². The van der Waals surface area contributed by atoms with E-state index < -0.39 is 24.2 Å². The Morgan fingerprint density at radius 3 is 2.40 bits per heavy atom. The monoisotopic (exact) mass is 292 g/mol. The van der Waals surface area contributed by atoms with Crippen LogP contribution in [0.4, 0.5) is 4.39 Å². The number of methoxy groups -OCH3 is 1. The molecule has 1 aliphatic rings. The largest absolute Gasteiger partial charge is 0.379 e. The van der Waals surface area contributed by atoms with Gasteiger partial charge in [-0.3, -0.25) is 0 Å². The summed E-state index contributed by atoms with van der Waals surface area (Å²) in [6, 6.07) is 0. The summed E-state index contributed by atoms with van der Waals surface area (Å²) in [5.74, 6) is 0. The molecule has 4 atom stereocenters. The molecule has 1 fully saturated rings. The van der Waals surface area contributed by atoms with Crippen LogP contribution in [0.1, 0.15) is 46.5 Å². The summed E-state index contributed by atoms with van der Waals surface area (Å²) in [5.41, 5.74) is -1.65.